The average molecular weight is 209 g/mol. The number of tetrazole rings is 1. The van der Waals surface area contributed by atoms with Gasteiger partial charge in [-0.3, -0.25) is 0 Å². The molecule has 1 aromatic heterocycles. The lowest BCUT2D eigenvalue weighted by molar-refractivity contribution is 0.766. The molecule has 0 aliphatic rings. The Bertz CT molecular complexity index is 438. The highest BCUT2D eigenvalue weighted by atomic mass is 35.5. The van der Waals surface area contributed by atoms with Crippen LogP contribution in [-0.4, -0.2) is 20.2 Å². The Morgan fingerprint density at radius 3 is 3.00 bits per heavy atom. The van der Waals surface area contributed by atoms with E-state index in [4.69, 9.17) is 11.6 Å². The second-order valence-electron chi connectivity index (χ2n) is 2.84. The topological polar surface area (TPSA) is 43.6 Å². The first-order valence-corrected chi connectivity index (χ1v) is 4.72. The van der Waals surface area contributed by atoms with E-state index in [1.807, 2.05) is 31.2 Å². The number of nitrogens with zero attached hydrogens (tertiary/aromatic N) is 4. The number of hydrogen-bond donors (Lipinski definition) is 0. The Kier molecular flexibility index (Phi) is 2.45. The van der Waals surface area contributed by atoms with Crippen LogP contribution in [0.4, 0.5) is 0 Å². The molecule has 0 amide bonds. The summed E-state index contributed by atoms with van der Waals surface area (Å²) in [6.45, 7) is 2.01. The van der Waals surface area contributed by atoms with Crippen LogP contribution in [0.1, 0.15) is 12.7 Å². The van der Waals surface area contributed by atoms with E-state index in [-0.39, 0.29) is 0 Å². The Morgan fingerprint density at radius 2 is 2.29 bits per heavy atom. The van der Waals surface area contributed by atoms with Crippen molar-refractivity contribution in [1.82, 2.24) is 20.2 Å². The first-order valence-electron chi connectivity index (χ1n) is 4.34. The Balaban J connectivity index is 2.49. The second-order valence-corrected chi connectivity index (χ2v) is 3.28. The number of hydrogen-bond acceptors (Lipinski definition) is 3. The molecule has 2 aromatic rings. The number of halogens is 1. The maximum absolute atomic E-state index is 5.88. The summed E-state index contributed by atoms with van der Waals surface area (Å²) in [6.07, 6.45) is 0.791. The zero-order chi connectivity index (χ0) is 9.97. The molecule has 0 aliphatic carbocycles. The molecule has 5 heteroatoms. The van der Waals surface area contributed by atoms with E-state index in [9.17, 15) is 0 Å². The zero-order valence-corrected chi connectivity index (χ0v) is 8.44. The average Bonchev–Trinajstić information content (AvgIpc) is 2.65. The minimum atomic E-state index is 0.681. The fraction of sp³-hybridized carbons (Fsp3) is 0.222. The van der Waals surface area contributed by atoms with Gasteiger partial charge >= 0.3 is 0 Å². The summed E-state index contributed by atoms with van der Waals surface area (Å²) in [7, 11) is 0. The van der Waals surface area contributed by atoms with E-state index >= 15 is 0 Å². The first kappa shape index (κ1) is 9.15. The molecule has 1 heterocycles. The van der Waals surface area contributed by atoms with Gasteiger partial charge < -0.3 is 0 Å². The van der Waals surface area contributed by atoms with Gasteiger partial charge in [-0.25, -0.2) is 0 Å². The summed E-state index contributed by atoms with van der Waals surface area (Å²) in [5.74, 6) is 0.826. The van der Waals surface area contributed by atoms with E-state index in [0.717, 1.165) is 17.9 Å². The van der Waals surface area contributed by atoms with Crippen LogP contribution < -0.4 is 0 Å². The molecule has 4 nitrogen and oxygen atoms in total. The molecule has 0 unspecified atom stereocenters. The van der Waals surface area contributed by atoms with E-state index in [2.05, 4.69) is 15.5 Å². The van der Waals surface area contributed by atoms with Gasteiger partial charge in [0.25, 0.3) is 0 Å². The number of rotatable bonds is 2. The monoisotopic (exact) mass is 208 g/mol. The Hall–Kier alpha value is -1.42. The molecule has 0 bridgehead atoms. The SMILES string of the molecule is CCc1nnnn1-c1cccc(Cl)c1. The van der Waals surface area contributed by atoms with Crippen molar-refractivity contribution in [3.63, 3.8) is 0 Å². The van der Waals surface area contributed by atoms with E-state index in [0.29, 0.717) is 5.02 Å². The van der Waals surface area contributed by atoms with Gasteiger partial charge in [0.1, 0.15) is 0 Å². The summed E-state index contributed by atoms with van der Waals surface area (Å²) < 4.78 is 1.69. The summed E-state index contributed by atoms with van der Waals surface area (Å²) in [5, 5.41) is 12.1. The summed E-state index contributed by atoms with van der Waals surface area (Å²) in [4.78, 5) is 0. The summed E-state index contributed by atoms with van der Waals surface area (Å²) >= 11 is 5.88. The third-order valence-corrected chi connectivity index (χ3v) is 2.14. The summed E-state index contributed by atoms with van der Waals surface area (Å²) in [6, 6.07) is 7.44. The molecule has 0 saturated heterocycles. The van der Waals surface area contributed by atoms with E-state index in [1.54, 1.807) is 4.68 Å². The smallest absolute Gasteiger partial charge is 0.156 e. The van der Waals surface area contributed by atoms with Crippen molar-refractivity contribution in [3.05, 3.63) is 35.1 Å². The normalized spacial score (nSPS) is 10.4. The van der Waals surface area contributed by atoms with Crippen molar-refractivity contribution in [2.45, 2.75) is 13.3 Å². The standard InChI is InChI=1S/C9H9ClN4/c1-2-9-11-12-13-14(9)8-5-3-4-7(10)6-8/h3-6H,2H2,1H3. The molecule has 0 atom stereocenters. The number of aryl methyl sites for hydroxylation is 1. The molecule has 0 saturated carbocycles. The predicted molar refractivity (Wildman–Crippen MR) is 53.5 cm³/mol. The Labute approximate surface area is 86.5 Å². The molecular formula is C9H9ClN4. The van der Waals surface area contributed by atoms with Gasteiger partial charge in [0.05, 0.1) is 5.69 Å². The third-order valence-electron chi connectivity index (χ3n) is 1.90. The highest BCUT2D eigenvalue weighted by Crippen LogP contribution is 2.14. The van der Waals surface area contributed by atoms with Crippen molar-refractivity contribution in [2.75, 3.05) is 0 Å². The fourth-order valence-corrected chi connectivity index (χ4v) is 1.42. The lowest BCUT2D eigenvalue weighted by Crippen LogP contribution is -2.01. The molecule has 2 rings (SSSR count). The van der Waals surface area contributed by atoms with Gasteiger partial charge in [0.2, 0.25) is 0 Å². The van der Waals surface area contributed by atoms with Crippen LogP contribution >= 0.6 is 11.6 Å². The van der Waals surface area contributed by atoms with Crippen LogP contribution in [0.2, 0.25) is 5.02 Å². The van der Waals surface area contributed by atoms with Crippen molar-refractivity contribution in [1.29, 1.82) is 0 Å². The fourth-order valence-electron chi connectivity index (χ4n) is 1.23. The molecule has 1 aromatic carbocycles. The maximum atomic E-state index is 5.88. The van der Waals surface area contributed by atoms with Gasteiger partial charge in [-0.15, -0.1) is 5.10 Å². The van der Waals surface area contributed by atoms with Crippen LogP contribution in [0.15, 0.2) is 24.3 Å². The largest absolute Gasteiger partial charge is 0.197 e. The predicted octanol–water partition coefficient (Wildman–Crippen LogP) is 1.88. The van der Waals surface area contributed by atoms with Crippen LogP contribution in [0.5, 0.6) is 0 Å². The van der Waals surface area contributed by atoms with Crippen LogP contribution in [0.3, 0.4) is 0 Å². The summed E-state index contributed by atoms with van der Waals surface area (Å²) in [5.41, 5.74) is 0.888. The van der Waals surface area contributed by atoms with E-state index in [1.165, 1.54) is 0 Å². The quantitative estimate of drug-likeness (QED) is 0.757. The van der Waals surface area contributed by atoms with Crippen molar-refractivity contribution >= 4 is 11.6 Å². The van der Waals surface area contributed by atoms with Crippen LogP contribution in [0, 0.1) is 0 Å². The molecule has 72 valence electrons. The third kappa shape index (κ3) is 1.61. The second kappa shape index (κ2) is 3.75. The Morgan fingerprint density at radius 1 is 1.43 bits per heavy atom. The lowest BCUT2D eigenvalue weighted by Gasteiger charge is -2.02. The number of aromatic nitrogens is 4. The van der Waals surface area contributed by atoms with Crippen molar-refractivity contribution in [2.24, 2.45) is 0 Å². The van der Waals surface area contributed by atoms with Gasteiger partial charge in [0, 0.05) is 11.4 Å². The zero-order valence-electron chi connectivity index (χ0n) is 7.68. The molecule has 0 spiro atoms. The molecule has 14 heavy (non-hydrogen) atoms. The maximum Gasteiger partial charge on any atom is 0.156 e. The van der Waals surface area contributed by atoms with Gasteiger partial charge in [-0.2, -0.15) is 4.68 Å². The minimum Gasteiger partial charge on any atom is -0.197 e. The molecular weight excluding hydrogens is 200 g/mol. The van der Waals surface area contributed by atoms with Gasteiger partial charge in [-0.1, -0.05) is 24.6 Å². The van der Waals surface area contributed by atoms with Crippen LogP contribution in [-0.2, 0) is 6.42 Å². The highest BCUT2D eigenvalue weighted by Gasteiger charge is 2.05. The molecule has 0 fully saturated rings. The van der Waals surface area contributed by atoms with Crippen molar-refractivity contribution < 1.29 is 0 Å². The highest BCUT2D eigenvalue weighted by molar-refractivity contribution is 6.30. The molecule has 0 aliphatic heterocycles. The van der Waals surface area contributed by atoms with Gasteiger partial charge in [-0.05, 0) is 28.6 Å². The lowest BCUT2D eigenvalue weighted by atomic mass is 10.3. The molecule has 0 radical (unpaired) electrons. The minimum absolute atomic E-state index is 0.681. The van der Waals surface area contributed by atoms with E-state index < -0.39 is 0 Å². The molecule has 0 N–H and O–H groups in total. The first-order chi connectivity index (χ1) is 6.81. The van der Waals surface area contributed by atoms with Gasteiger partial charge in [0.15, 0.2) is 5.82 Å². The number of benzene rings is 1. The van der Waals surface area contributed by atoms with Crippen LogP contribution in [0.25, 0.3) is 5.69 Å². The van der Waals surface area contributed by atoms with Crippen molar-refractivity contribution in [3.8, 4) is 5.69 Å².